The molecule has 3 rings (SSSR count). The molecule has 0 unspecified atom stereocenters. The van der Waals surface area contributed by atoms with Crippen molar-refractivity contribution in [3.05, 3.63) is 16.8 Å². The fourth-order valence-electron chi connectivity index (χ4n) is 2.36. The van der Waals surface area contributed by atoms with Crippen molar-refractivity contribution in [3.63, 3.8) is 0 Å². The first kappa shape index (κ1) is 9.84. The third-order valence-electron chi connectivity index (χ3n) is 3.09. The van der Waals surface area contributed by atoms with Crippen molar-refractivity contribution >= 4 is 16.3 Å². The van der Waals surface area contributed by atoms with Crippen LogP contribution in [-0.4, -0.2) is 14.8 Å². The molecule has 0 amide bonds. The van der Waals surface area contributed by atoms with Gasteiger partial charge < -0.3 is 5.73 Å². The number of rotatable bonds is 2. The monoisotopic (exact) mass is 234 g/mol. The number of nitrogens with two attached hydrogens (primary N) is 1. The van der Waals surface area contributed by atoms with Crippen LogP contribution in [0, 0.1) is 0 Å². The van der Waals surface area contributed by atoms with Gasteiger partial charge in [-0.05, 0) is 31.7 Å². The molecule has 1 aliphatic rings. The van der Waals surface area contributed by atoms with Crippen molar-refractivity contribution < 1.29 is 0 Å². The van der Waals surface area contributed by atoms with E-state index in [0.29, 0.717) is 0 Å². The zero-order valence-corrected chi connectivity index (χ0v) is 10.0. The normalized spacial score (nSPS) is 14.3. The van der Waals surface area contributed by atoms with E-state index in [9.17, 15) is 0 Å². The molecule has 0 atom stereocenters. The largest absolute Gasteiger partial charge is 0.390 e. The average molecular weight is 234 g/mol. The lowest BCUT2D eigenvalue weighted by molar-refractivity contribution is 0.665. The number of fused-ring (bicyclic) bond motifs is 1. The predicted octanol–water partition coefficient (Wildman–Crippen LogP) is 2.10. The summed E-state index contributed by atoms with van der Waals surface area (Å²) < 4.78 is 1.91. The van der Waals surface area contributed by atoms with E-state index in [1.54, 1.807) is 17.7 Å². The van der Waals surface area contributed by atoms with Crippen LogP contribution < -0.4 is 5.73 Å². The van der Waals surface area contributed by atoms with E-state index < -0.39 is 0 Å². The van der Waals surface area contributed by atoms with Crippen molar-refractivity contribution in [2.75, 3.05) is 5.73 Å². The minimum absolute atomic E-state index is 0.833. The van der Waals surface area contributed by atoms with Gasteiger partial charge in [-0.2, -0.15) is 5.10 Å². The Hall–Kier alpha value is -1.36. The lowest BCUT2D eigenvalue weighted by atomic mass is 10.1. The van der Waals surface area contributed by atoms with Crippen LogP contribution in [0.2, 0.25) is 0 Å². The van der Waals surface area contributed by atoms with Crippen molar-refractivity contribution in [3.8, 4) is 11.4 Å². The quantitative estimate of drug-likeness (QED) is 0.865. The molecule has 2 aromatic rings. The fraction of sp³-hybridized carbons (Fsp3) is 0.455. The van der Waals surface area contributed by atoms with Gasteiger partial charge in [0.2, 0.25) is 0 Å². The Balaban J connectivity index is 2.19. The molecule has 16 heavy (non-hydrogen) atoms. The molecule has 0 saturated carbocycles. The highest BCUT2D eigenvalue weighted by Crippen LogP contribution is 2.42. The maximum Gasteiger partial charge on any atom is 0.161 e. The van der Waals surface area contributed by atoms with E-state index in [-0.39, 0.29) is 0 Å². The first-order valence-corrected chi connectivity index (χ1v) is 6.41. The zero-order valence-electron chi connectivity index (χ0n) is 9.23. The zero-order chi connectivity index (χ0) is 11.1. The lowest BCUT2D eigenvalue weighted by Crippen LogP contribution is -2.01. The van der Waals surface area contributed by atoms with Crippen LogP contribution in [0.1, 0.15) is 23.8 Å². The average Bonchev–Trinajstić information content (AvgIpc) is 2.91. The maximum absolute atomic E-state index is 6.10. The Bertz CT molecular complexity index is 526. The first-order chi connectivity index (χ1) is 7.81. The number of aromatic nitrogens is 3. The molecule has 0 fully saturated rings. The Morgan fingerprint density at radius 2 is 2.38 bits per heavy atom. The van der Waals surface area contributed by atoms with Crippen LogP contribution in [0.25, 0.3) is 11.4 Å². The van der Waals surface area contributed by atoms with Gasteiger partial charge in [0.05, 0.1) is 10.6 Å². The number of nitrogens with zero attached hydrogens (tertiary/aromatic N) is 3. The highest BCUT2D eigenvalue weighted by molar-refractivity contribution is 7.16. The third kappa shape index (κ3) is 1.28. The maximum atomic E-state index is 6.10. The Labute approximate surface area is 98.1 Å². The molecule has 1 aliphatic carbocycles. The summed E-state index contributed by atoms with van der Waals surface area (Å²) in [6.07, 6.45) is 5.16. The number of anilines is 1. The van der Waals surface area contributed by atoms with Gasteiger partial charge in [-0.3, -0.25) is 0 Å². The summed E-state index contributed by atoms with van der Waals surface area (Å²) in [5.74, 6) is 0.930. The van der Waals surface area contributed by atoms with Gasteiger partial charge in [0.15, 0.2) is 5.82 Å². The third-order valence-corrected chi connectivity index (χ3v) is 4.21. The number of thiophene rings is 1. The van der Waals surface area contributed by atoms with Crippen LogP contribution in [-0.2, 0) is 19.4 Å². The van der Waals surface area contributed by atoms with Crippen LogP contribution in [0.15, 0.2) is 6.33 Å². The molecule has 84 valence electrons. The molecular weight excluding hydrogens is 220 g/mol. The van der Waals surface area contributed by atoms with E-state index in [0.717, 1.165) is 29.4 Å². The summed E-state index contributed by atoms with van der Waals surface area (Å²) in [5.41, 5.74) is 8.65. The Morgan fingerprint density at radius 3 is 3.19 bits per heavy atom. The van der Waals surface area contributed by atoms with Gasteiger partial charge in [-0.1, -0.05) is 0 Å². The van der Waals surface area contributed by atoms with Gasteiger partial charge in [0, 0.05) is 11.4 Å². The highest BCUT2D eigenvalue weighted by atomic mass is 32.1. The summed E-state index contributed by atoms with van der Waals surface area (Å²) in [5, 5.41) is 5.11. The smallest absolute Gasteiger partial charge is 0.161 e. The molecular formula is C11H14N4S. The van der Waals surface area contributed by atoms with E-state index in [1.807, 2.05) is 4.68 Å². The molecule has 2 N–H and O–H groups in total. The number of hydrogen-bond donors (Lipinski definition) is 1. The van der Waals surface area contributed by atoms with Crippen LogP contribution in [0.3, 0.4) is 0 Å². The lowest BCUT2D eigenvalue weighted by Gasteiger charge is -2.04. The van der Waals surface area contributed by atoms with Crippen molar-refractivity contribution in [2.24, 2.45) is 0 Å². The Kier molecular flexibility index (Phi) is 2.21. The number of hydrogen-bond acceptors (Lipinski definition) is 4. The first-order valence-electron chi connectivity index (χ1n) is 5.59. The van der Waals surface area contributed by atoms with E-state index in [1.165, 1.54) is 23.3 Å². The summed E-state index contributed by atoms with van der Waals surface area (Å²) in [6, 6.07) is 0. The van der Waals surface area contributed by atoms with Gasteiger partial charge >= 0.3 is 0 Å². The second-order valence-corrected chi connectivity index (χ2v) is 5.13. The van der Waals surface area contributed by atoms with Gasteiger partial charge in [-0.15, -0.1) is 11.3 Å². The van der Waals surface area contributed by atoms with Crippen molar-refractivity contribution in [1.29, 1.82) is 0 Å². The summed E-state index contributed by atoms with van der Waals surface area (Å²) in [7, 11) is 0. The molecule has 0 spiro atoms. The van der Waals surface area contributed by atoms with Gasteiger partial charge in [0.1, 0.15) is 6.33 Å². The highest BCUT2D eigenvalue weighted by Gasteiger charge is 2.24. The fourth-order valence-corrected chi connectivity index (χ4v) is 3.52. The summed E-state index contributed by atoms with van der Waals surface area (Å²) in [4.78, 5) is 5.79. The molecule has 0 aliphatic heterocycles. The SMILES string of the molecule is CCn1ncnc1-c1c(N)sc2c1CCC2. The minimum atomic E-state index is 0.833. The Morgan fingerprint density at radius 1 is 1.50 bits per heavy atom. The predicted molar refractivity (Wildman–Crippen MR) is 65.4 cm³/mol. The number of aryl methyl sites for hydroxylation is 2. The van der Waals surface area contributed by atoms with E-state index >= 15 is 0 Å². The second-order valence-electron chi connectivity index (χ2n) is 4.00. The molecule has 2 heterocycles. The van der Waals surface area contributed by atoms with Gasteiger partial charge in [-0.25, -0.2) is 9.67 Å². The molecule has 0 radical (unpaired) electrons. The van der Waals surface area contributed by atoms with Gasteiger partial charge in [0.25, 0.3) is 0 Å². The molecule has 0 bridgehead atoms. The van der Waals surface area contributed by atoms with E-state index in [4.69, 9.17) is 5.73 Å². The van der Waals surface area contributed by atoms with E-state index in [2.05, 4.69) is 17.0 Å². The molecule has 0 saturated heterocycles. The van der Waals surface area contributed by atoms with Crippen molar-refractivity contribution in [2.45, 2.75) is 32.7 Å². The van der Waals surface area contributed by atoms with Crippen LogP contribution in [0.4, 0.5) is 5.00 Å². The molecule has 0 aromatic carbocycles. The van der Waals surface area contributed by atoms with Crippen LogP contribution >= 0.6 is 11.3 Å². The molecule has 4 nitrogen and oxygen atoms in total. The van der Waals surface area contributed by atoms with Crippen molar-refractivity contribution in [1.82, 2.24) is 14.8 Å². The second kappa shape index (κ2) is 3.59. The summed E-state index contributed by atoms with van der Waals surface area (Å²) in [6.45, 7) is 2.90. The van der Waals surface area contributed by atoms with Crippen LogP contribution in [0.5, 0.6) is 0 Å². The minimum Gasteiger partial charge on any atom is -0.390 e. The molecule has 5 heteroatoms. The summed E-state index contributed by atoms with van der Waals surface area (Å²) >= 11 is 1.72. The topological polar surface area (TPSA) is 56.7 Å². The molecule has 2 aromatic heterocycles. The standard InChI is InChI=1S/C11H14N4S/c1-2-15-11(13-6-14-15)9-7-4-3-5-8(7)16-10(9)12/h6H,2-5,12H2,1H3. The number of nitrogen functional groups attached to an aromatic ring is 1.